The van der Waals surface area contributed by atoms with Gasteiger partial charge in [-0.25, -0.2) is 0 Å². The maximum atomic E-state index is 3.45. The maximum Gasteiger partial charge on any atom is 0.0291 e. The van der Waals surface area contributed by atoms with E-state index in [0.29, 0.717) is 6.04 Å². The lowest BCUT2D eigenvalue weighted by atomic mass is 10.0. The highest BCUT2D eigenvalue weighted by Crippen LogP contribution is 2.20. The first-order valence-electron chi connectivity index (χ1n) is 4.08. The topological polar surface area (TPSA) is 12.0 Å². The summed E-state index contributed by atoms with van der Waals surface area (Å²) in [7, 11) is 1.98. The Morgan fingerprint density at radius 3 is 2.58 bits per heavy atom. The van der Waals surface area contributed by atoms with Crippen molar-refractivity contribution in [1.82, 2.24) is 5.32 Å². The van der Waals surface area contributed by atoms with Crippen LogP contribution in [0, 0.1) is 6.92 Å². The van der Waals surface area contributed by atoms with E-state index < -0.39 is 0 Å². The van der Waals surface area contributed by atoms with Crippen LogP contribution in [0.15, 0.2) is 22.7 Å². The van der Waals surface area contributed by atoms with Crippen LogP contribution in [0.25, 0.3) is 0 Å². The normalized spacial score (nSPS) is 13.0. The van der Waals surface area contributed by atoms with E-state index in [1.54, 1.807) is 0 Å². The summed E-state index contributed by atoms with van der Waals surface area (Å²) in [4.78, 5) is 0. The lowest BCUT2D eigenvalue weighted by Crippen LogP contribution is -2.13. The second-order valence-electron chi connectivity index (χ2n) is 3.01. The molecule has 0 aliphatic heterocycles. The molecule has 1 aromatic carbocycles. The van der Waals surface area contributed by atoms with Gasteiger partial charge in [0.15, 0.2) is 0 Å². The number of nitrogens with one attached hydrogen (secondary N) is 1. The molecule has 0 bridgehead atoms. The fourth-order valence-corrected chi connectivity index (χ4v) is 1.76. The van der Waals surface area contributed by atoms with Crippen LogP contribution < -0.4 is 5.32 Å². The Kier molecular flexibility index (Phi) is 3.29. The molecule has 1 aromatic rings. The Balaban J connectivity index is 3.01. The second kappa shape index (κ2) is 4.06. The summed E-state index contributed by atoms with van der Waals surface area (Å²) in [6.07, 6.45) is 0. The summed E-state index contributed by atoms with van der Waals surface area (Å²) in [5, 5.41) is 3.23. The van der Waals surface area contributed by atoms with E-state index in [1.165, 1.54) is 11.1 Å². The van der Waals surface area contributed by atoms with E-state index in [9.17, 15) is 0 Å². The summed E-state index contributed by atoms with van der Waals surface area (Å²) in [6.45, 7) is 4.30. The van der Waals surface area contributed by atoms with E-state index in [-0.39, 0.29) is 0 Å². The van der Waals surface area contributed by atoms with Gasteiger partial charge in [-0.2, -0.15) is 0 Å². The summed E-state index contributed by atoms with van der Waals surface area (Å²) in [5.74, 6) is 0. The molecule has 1 nitrogen and oxygen atoms in total. The molecule has 1 rings (SSSR count). The van der Waals surface area contributed by atoms with Crippen molar-refractivity contribution in [2.24, 2.45) is 0 Å². The van der Waals surface area contributed by atoms with E-state index in [4.69, 9.17) is 0 Å². The maximum absolute atomic E-state index is 3.45. The Labute approximate surface area is 82.3 Å². The minimum Gasteiger partial charge on any atom is -0.313 e. The Morgan fingerprint density at radius 2 is 2.08 bits per heavy atom. The third kappa shape index (κ3) is 2.08. The van der Waals surface area contributed by atoms with Crippen molar-refractivity contribution in [3.63, 3.8) is 0 Å². The number of benzene rings is 1. The molecule has 0 radical (unpaired) electrons. The minimum atomic E-state index is 0.429. The summed E-state index contributed by atoms with van der Waals surface area (Å²) in [5.41, 5.74) is 2.69. The number of rotatable bonds is 2. The molecule has 0 heterocycles. The van der Waals surface area contributed by atoms with Gasteiger partial charge < -0.3 is 5.32 Å². The molecule has 0 amide bonds. The third-order valence-corrected chi connectivity index (χ3v) is 2.62. The van der Waals surface area contributed by atoms with Crippen LogP contribution in [-0.4, -0.2) is 7.05 Å². The Hall–Kier alpha value is -0.340. The molecule has 0 aromatic heterocycles. The summed E-state index contributed by atoms with van der Waals surface area (Å²) < 4.78 is 1.15. The molecule has 0 aliphatic rings. The Bertz CT molecular complexity index is 271. The van der Waals surface area contributed by atoms with E-state index >= 15 is 0 Å². The first kappa shape index (κ1) is 9.75. The quantitative estimate of drug-likeness (QED) is 0.820. The van der Waals surface area contributed by atoms with Crippen molar-refractivity contribution in [3.8, 4) is 0 Å². The SMILES string of the molecule is CNC(C)c1ccc(Br)cc1C. The highest BCUT2D eigenvalue weighted by atomic mass is 79.9. The van der Waals surface area contributed by atoms with E-state index in [0.717, 1.165) is 4.47 Å². The zero-order valence-corrected chi connectivity index (χ0v) is 9.27. The van der Waals surface area contributed by atoms with Crippen LogP contribution in [-0.2, 0) is 0 Å². The molecule has 0 spiro atoms. The number of halogens is 1. The largest absolute Gasteiger partial charge is 0.313 e. The third-order valence-electron chi connectivity index (χ3n) is 2.13. The monoisotopic (exact) mass is 227 g/mol. The van der Waals surface area contributed by atoms with Gasteiger partial charge in [0, 0.05) is 10.5 Å². The van der Waals surface area contributed by atoms with Crippen molar-refractivity contribution in [2.45, 2.75) is 19.9 Å². The van der Waals surface area contributed by atoms with Crippen molar-refractivity contribution >= 4 is 15.9 Å². The summed E-state index contributed by atoms with van der Waals surface area (Å²) >= 11 is 3.45. The van der Waals surface area contributed by atoms with Crippen LogP contribution in [0.2, 0.25) is 0 Å². The van der Waals surface area contributed by atoms with Gasteiger partial charge in [-0.1, -0.05) is 22.0 Å². The average Bonchev–Trinajstić information content (AvgIpc) is 2.03. The molecule has 1 unspecified atom stereocenters. The molecule has 1 atom stereocenters. The van der Waals surface area contributed by atoms with Crippen molar-refractivity contribution in [3.05, 3.63) is 33.8 Å². The second-order valence-corrected chi connectivity index (χ2v) is 3.93. The first-order chi connectivity index (χ1) is 5.65. The molecular formula is C10H14BrN. The van der Waals surface area contributed by atoms with Gasteiger partial charge in [0.05, 0.1) is 0 Å². The van der Waals surface area contributed by atoms with Gasteiger partial charge in [0.25, 0.3) is 0 Å². The molecule has 66 valence electrons. The van der Waals surface area contributed by atoms with Crippen LogP contribution in [0.4, 0.5) is 0 Å². The zero-order chi connectivity index (χ0) is 9.14. The standard InChI is InChI=1S/C10H14BrN/c1-7-6-9(11)4-5-10(7)8(2)12-3/h4-6,8,12H,1-3H3. The van der Waals surface area contributed by atoms with E-state index in [2.05, 4.69) is 53.3 Å². The zero-order valence-electron chi connectivity index (χ0n) is 7.69. The van der Waals surface area contributed by atoms with Gasteiger partial charge in [-0.15, -0.1) is 0 Å². The molecule has 2 heteroatoms. The van der Waals surface area contributed by atoms with Gasteiger partial charge in [0.1, 0.15) is 0 Å². The lowest BCUT2D eigenvalue weighted by Gasteiger charge is -2.13. The van der Waals surface area contributed by atoms with Crippen LogP contribution in [0.5, 0.6) is 0 Å². The summed E-state index contributed by atoms with van der Waals surface area (Å²) in [6, 6.07) is 6.80. The van der Waals surface area contributed by atoms with Crippen molar-refractivity contribution in [1.29, 1.82) is 0 Å². The van der Waals surface area contributed by atoms with Gasteiger partial charge in [0.2, 0.25) is 0 Å². The minimum absolute atomic E-state index is 0.429. The van der Waals surface area contributed by atoms with Gasteiger partial charge in [-0.05, 0) is 44.2 Å². The van der Waals surface area contributed by atoms with Crippen molar-refractivity contribution < 1.29 is 0 Å². The fraction of sp³-hybridized carbons (Fsp3) is 0.400. The Morgan fingerprint density at radius 1 is 1.42 bits per heavy atom. The number of aryl methyl sites for hydroxylation is 1. The average molecular weight is 228 g/mol. The molecule has 0 saturated carbocycles. The molecule has 0 saturated heterocycles. The fourth-order valence-electron chi connectivity index (χ4n) is 1.28. The predicted molar refractivity (Wildman–Crippen MR) is 56.4 cm³/mol. The first-order valence-corrected chi connectivity index (χ1v) is 4.87. The highest BCUT2D eigenvalue weighted by Gasteiger charge is 2.04. The highest BCUT2D eigenvalue weighted by molar-refractivity contribution is 9.10. The van der Waals surface area contributed by atoms with Crippen molar-refractivity contribution in [2.75, 3.05) is 7.05 Å². The lowest BCUT2D eigenvalue weighted by molar-refractivity contribution is 0.648. The molecule has 12 heavy (non-hydrogen) atoms. The molecule has 0 aliphatic carbocycles. The smallest absolute Gasteiger partial charge is 0.0291 e. The molecule has 1 N–H and O–H groups in total. The number of hydrogen-bond donors (Lipinski definition) is 1. The van der Waals surface area contributed by atoms with Crippen LogP contribution in [0.1, 0.15) is 24.1 Å². The number of hydrogen-bond acceptors (Lipinski definition) is 1. The molecule has 0 fully saturated rings. The molecular weight excluding hydrogens is 214 g/mol. The van der Waals surface area contributed by atoms with Crippen LogP contribution in [0.3, 0.4) is 0 Å². The van der Waals surface area contributed by atoms with E-state index in [1.807, 2.05) is 7.05 Å². The van der Waals surface area contributed by atoms with Gasteiger partial charge >= 0.3 is 0 Å². The van der Waals surface area contributed by atoms with Crippen LogP contribution >= 0.6 is 15.9 Å². The van der Waals surface area contributed by atoms with Gasteiger partial charge in [-0.3, -0.25) is 0 Å². The predicted octanol–water partition coefficient (Wildman–Crippen LogP) is 3.04.